The number of halogens is 2. The summed E-state index contributed by atoms with van der Waals surface area (Å²) in [4.78, 5) is 0. The summed E-state index contributed by atoms with van der Waals surface area (Å²) in [6.45, 7) is 4.16. The number of fused-ring (bicyclic) bond motifs is 1. The Hall–Kier alpha value is -1.45. The van der Waals surface area contributed by atoms with Gasteiger partial charge in [0.15, 0.2) is 0 Å². The number of nitrogens with one attached hydrogen (secondary N) is 1. The first kappa shape index (κ1) is 14.5. The van der Waals surface area contributed by atoms with Gasteiger partial charge in [-0.2, -0.15) is 0 Å². The van der Waals surface area contributed by atoms with Crippen LogP contribution in [0.2, 0.25) is 5.02 Å². The van der Waals surface area contributed by atoms with E-state index in [0.29, 0.717) is 5.02 Å². The lowest BCUT2D eigenvalue weighted by atomic mass is 10.1. The SMILES string of the molecule is Cc1c(C(C)Nc2cc(Br)ccc2Cl)oc2ccccc12. The lowest BCUT2D eigenvalue weighted by Crippen LogP contribution is -2.07. The Morgan fingerprint density at radius 2 is 1.95 bits per heavy atom. The van der Waals surface area contributed by atoms with Crippen molar-refractivity contribution in [2.24, 2.45) is 0 Å². The van der Waals surface area contributed by atoms with Gasteiger partial charge in [-0.3, -0.25) is 0 Å². The van der Waals surface area contributed by atoms with Crippen LogP contribution < -0.4 is 5.32 Å². The summed E-state index contributed by atoms with van der Waals surface area (Å²) in [5.41, 5.74) is 2.97. The zero-order valence-electron chi connectivity index (χ0n) is 11.8. The molecule has 0 radical (unpaired) electrons. The van der Waals surface area contributed by atoms with Gasteiger partial charge in [-0.1, -0.05) is 45.7 Å². The smallest absolute Gasteiger partial charge is 0.134 e. The zero-order chi connectivity index (χ0) is 15.0. The van der Waals surface area contributed by atoms with Gasteiger partial charge in [0.2, 0.25) is 0 Å². The third-order valence-electron chi connectivity index (χ3n) is 3.57. The molecule has 0 saturated carbocycles. The number of benzene rings is 2. The summed E-state index contributed by atoms with van der Waals surface area (Å²) in [5.74, 6) is 0.937. The van der Waals surface area contributed by atoms with Gasteiger partial charge in [-0.25, -0.2) is 0 Å². The number of para-hydroxylation sites is 1. The number of furan rings is 1. The molecule has 0 saturated heterocycles. The second kappa shape index (κ2) is 5.74. The molecule has 1 unspecified atom stereocenters. The summed E-state index contributed by atoms with van der Waals surface area (Å²) in [6, 6.07) is 13.9. The van der Waals surface area contributed by atoms with Crippen LogP contribution in [0.4, 0.5) is 5.69 Å². The van der Waals surface area contributed by atoms with Gasteiger partial charge in [-0.15, -0.1) is 0 Å². The van der Waals surface area contributed by atoms with Crippen LogP contribution in [-0.4, -0.2) is 0 Å². The third-order valence-corrected chi connectivity index (χ3v) is 4.40. The van der Waals surface area contributed by atoms with Crippen LogP contribution in [0.3, 0.4) is 0 Å². The standard InChI is InChI=1S/C17H15BrClNO/c1-10-13-5-3-4-6-16(13)21-17(10)11(2)20-15-9-12(18)7-8-14(15)19/h3-9,11,20H,1-2H3. The Kier molecular flexibility index (Phi) is 3.96. The van der Waals surface area contributed by atoms with Crippen molar-refractivity contribution in [3.8, 4) is 0 Å². The van der Waals surface area contributed by atoms with Crippen molar-refractivity contribution in [1.29, 1.82) is 0 Å². The van der Waals surface area contributed by atoms with E-state index in [1.54, 1.807) is 0 Å². The average molecular weight is 365 g/mol. The Bertz CT molecular complexity index is 797. The molecule has 3 rings (SSSR count). The van der Waals surface area contributed by atoms with Crippen LogP contribution in [0.15, 0.2) is 51.4 Å². The molecule has 1 N–H and O–H groups in total. The molecule has 1 aromatic heterocycles. The van der Waals surface area contributed by atoms with Crippen molar-refractivity contribution < 1.29 is 4.42 Å². The van der Waals surface area contributed by atoms with Gasteiger partial charge in [0.25, 0.3) is 0 Å². The Morgan fingerprint density at radius 1 is 1.19 bits per heavy atom. The molecule has 0 aliphatic heterocycles. The van der Waals surface area contributed by atoms with Gasteiger partial charge >= 0.3 is 0 Å². The van der Waals surface area contributed by atoms with Gasteiger partial charge in [-0.05, 0) is 38.1 Å². The van der Waals surface area contributed by atoms with E-state index in [0.717, 1.165) is 32.5 Å². The predicted octanol–water partition coefficient (Wildman–Crippen LogP) is 6.33. The molecule has 1 heterocycles. The van der Waals surface area contributed by atoms with E-state index in [2.05, 4.69) is 41.2 Å². The maximum absolute atomic E-state index is 6.23. The third kappa shape index (κ3) is 2.81. The Balaban J connectivity index is 1.95. The van der Waals surface area contributed by atoms with Crippen LogP contribution in [0.1, 0.15) is 24.3 Å². The second-order valence-electron chi connectivity index (χ2n) is 5.08. The first-order valence-electron chi connectivity index (χ1n) is 6.76. The van der Waals surface area contributed by atoms with Crippen LogP contribution in [0, 0.1) is 6.92 Å². The number of rotatable bonds is 3. The van der Waals surface area contributed by atoms with Gasteiger partial charge < -0.3 is 9.73 Å². The molecule has 2 aromatic carbocycles. The maximum atomic E-state index is 6.23. The van der Waals surface area contributed by atoms with Crippen LogP contribution in [-0.2, 0) is 0 Å². The van der Waals surface area contributed by atoms with Crippen molar-refractivity contribution in [3.05, 3.63) is 63.3 Å². The summed E-state index contributed by atoms with van der Waals surface area (Å²) < 4.78 is 6.97. The molecule has 0 spiro atoms. The molecule has 0 aliphatic carbocycles. The largest absolute Gasteiger partial charge is 0.459 e. The summed E-state index contributed by atoms with van der Waals surface area (Å²) in [5, 5.41) is 5.26. The van der Waals surface area contributed by atoms with Gasteiger partial charge in [0.1, 0.15) is 11.3 Å². The highest BCUT2D eigenvalue weighted by molar-refractivity contribution is 9.10. The van der Waals surface area contributed by atoms with E-state index in [1.165, 1.54) is 0 Å². The summed E-state index contributed by atoms with van der Waals surface area (Å²) in [7, 11) is 0. The minimum Gasteiger partial charge on any atom is -0.459 e. The number of hydrogen-bond donors (Lipinski definition) is 1. The molecule has 0 aliphatic rings. The minimum atomic E-state index is 0.0317. The molecule has 0 amide bonds. The van der Waals surface area contributed by atoms with E-state index < -0.39 is 0 Å². The van der Waals surface area contributed by atoms with Crippen molar-refractivity contribution >= 4 is 44.2 Å². The fourth-order valence-electron chi connectivity index (χ4n) is 2.51. The van der Waals surface area contributed by atoms with Crippen molar-refractivity contribution in [1.82, 2.24) is 0 Å². The van der Waals surface area contributed by atoms with E-state index in [9.17, 15) is 0 Å². The molecule has 1 atom stereocenters. The normalized spacial score (nSPS) is 12.6. The van der Waals surface area contributed by atoms with E-state index in [4.69, 9.17) is 16.0 Å². The second-order valence-corrected chi connectivity index (χ2v) is 6.40. The van der Waals surface area contributed by atoms with Crippen LogP contribution in [0.25, 0.3) is 11.0 Å². The number of hydrogen-bond acceptors (Lipinski definition) is 2. The monoisotopic (exact) mass is 363 g/mol. The fourth-order valence-corrected chi connectivity index (χ4v) is 3.05. The first-order valence-corrected chi connectivity index (χ1v) is 7.93. The fraction of sp³-hybridized carbons (Fsp3) is 0.176. The molecular formula is C17H15BrClNO. The molecule has 0 bridgehead atoms. The average Bonchev–Trinajstić information content (AvgIpc) is 2.81. The van der Waals surface area contributed by atoms with Crippen LogP contribution >= 0.6 is 27.5 Å². The summed E-state index contributed by atoms with van der Waals surface area (Å²) in [6.07, 6.45) is 0. The molecule has 108 valence electrons. The highest BCUT2D eigenvalue weighted by atomic mass is 79.9. The van der Waals surface area contributed by atoms with Crippen LogP contribution in [0.5, 0.6) is 0 Å². The number of aryl methyl sites for hydroxylation is 1. The quantitative estimate of drug-likeness (QED) is 0.587. The molecule has 4 heteroatoms. The minimum absolute atomic E-state index is 0.0317. The molecule has 21 heavy (non-hydrogen) atoms. The van der Waals surface area contributed by atoms with E-state index in [1.807, 2.05) is 36.4 Å². The van der Waals surface area contributed by atoms with Crippen molar-refractivity contribution in [3.63, 3.8) is 0 Å². The lowest BCUT2D eigenvalue weighted by Gasteiger charge is -2.15. The van der Waals surface area contributed by atoms with Gasteiger partial charge in [0, 0.05) is 15.4 Å². The predicted molar refractivity (Wildman–Crippen MR) is 92.1 cm³/mol. The lowest BCUT2D eigenvalue weighted by molar-refractivity contribution is 0.522. The highest BCUT2D eigenvalue weighted by Gasteiger charge is 2.17. The van der Waals surface area contributed by atoms with Crippen molar-refractivity contribution in [2.75, 3.05) is 5.32 Å². The number of anilines is 1. The maximum Gasteiger partial charge on any atom is 0.134 e. The van der Waals surface area contributed by atoms with E-state index in [-0.39, 0.29) is 6.04 Å². The molecular weight excluding hydrogens is 350 g/mol. The van der Waals surface area contributed by atoms with E-state index >= 15 is 0 Å². The zero-order valence-corrected chi connectivity index (χ0v) is 14.1. The highest BCUT2D eigenvalue weighted by Crippen LogP contribution is 2.33. The molecule has 0 fully saturated rings. The first-order chi connectivity index (χ1) is 10.1. The Labute approximate surface area is 137 Å². The van der Waals surface area contributed by atoms with Crippen molar-refractivity contribution in [2.45, 2.75) is 19.9 Å². The van der Waals surface area contributed by atoms with Gasteiger partial charge in [0.05, 0.1) is 16.8 Å². The molecule has 2 nitrogen and oxygen atoms in total. The Morgan fingerprint density at radius 3 is 2.71 bits per heavy atom. The molecule has 3 aromatic rings. The topological polar surface area (TPSA) is 25.2 Å². The summed E-state index contributed by atoms with van der Waals surface area (Å²) >= 11 is 9.70.